The van der Waals surface area contributed by atoms with E-state index in [0.717, 1.165) is 13.0 Å². The largest absolute Gasteiger partial charge is 0.478 e. The molecule has 1 N–H and O–H groups in total. The molecular formula is C13H19N3O3. The lowest BCUT2D eigenvalue weighted by Crippen LogP contribution is -2.35. The number of carbonyl (C=O) groups is 1. The summed E-state index contributed by atoms with van der Waals surface area (Å²) in [5.41, 5.74) is 0. The minimum Gasteiger partial charge on any atom is -0.478 e. The van der Waals surface area contributed by atoms with Gasteiger partial charge in [0.15, 0.2) is 0 Å². The average Bonchev–Trinajstić information content (AvgIpc) is 2.48. The minimum atomic E-state index is -0.556. The minimum absolute atomic E-state index is 0.0239. The molecule has 1 aliphatic rings. The zero-order chi connectivity index (χ0) is 13.5. The summed E-state index contributed by atoms with van der Waals surface area (Å²) in [6.07, 6.45) is 6.16. The number of hydrogen-bond acceptors (Lipinski definition) is 6. The molecule has 1 atom stereocenters. The summed E-state index contributed by atoms with van der Waals surface area (Å²) in [6.45, 7) is 1.67. The quantitative estimate of drug-likeness (QED) is 0.806. The van der Waals surface area contributed by atoms with Crippen LogP contribution in [-0.2, 0) is 4.74 Å². The maximum absolute atomic E-state index is 11.3. The van der Waals surface area contributed by atoms with Gasteiger partial charge in [0.2, 0.25) is 11.7 Å². The summed E-state index contributed by atoms with van der Waals surface area (Å²) in [4.78, 5) is 19.1. The lowest BCUT2D eigenvalue weighted by molar-refractivity contribution is 0.0585. The van der Waals surface area contributed by atoms with Gasteiger partial charge in [-0.3, -0.25) is 0 Å². The molecule has 0 aliphatic carbocycles. The maximum Gasteiger partial charge on any atom is 0.376 e. The highest BCUT2D eigenvalue weighted by Gasteiger charge is 2.13. The zero-order valence-electron chi connectivity index (χ0n) is 11.1. The lowest BCUT2D eigenvalue weighted by Gasteiger charge is -2.23. The second-order valence-electron chi connectivity index (χ2n) is 4.49. The molecule has 1 aromatic heterocycles. The van der Waals surface area contributed by atoms with Crippen LogP contribution in [0.5, 0.6) is 5.88 Å². The van der Waals surface area contributed by atoms with Crippen LogP contribution in [-0.4, -0.2) is 42.2 Å². The first-order chi connectivity index (χ1) is 9.29. The van der Waals surface area contributed by atoms with Crippen LogP contribution in [0.1, 0.15) is 36.3 Å². The van der Waals surface area contributed by atoms with Crippen molar-refractivity contribution in [2.24, 2.45) is 0 Å². The van der Waals surface area contributed by atoms with Crippen molar-refractivity contribution >= 4 is 5.97 Å². The smallest absolute Gasteiger partial charge is 0.376 e. The lowest BCUT2D eigenvalue weighted by atomic mass is 10.0. The number of rotatable bonds is 5. The molecule has 2 rings (SSSR count). The van der Waals surface area contributed by atoms with Crippen molar-refractivity contribution < 1.29 is 14.3 Å². The van der Waals surface area contributed by atoms with Crippen molar-refractivity contribution in [1.82, 2.24) is 15.3 Å². The summed E-state index contributed by atoms with van der Waals surface area (Å²) >= 11 is 0. The van der Waals surface area contributed by atoms with Gasteiger partial charge in [-0.05, 0) is 25.8 Å². The summed E-state index contributed by atoms with van der Waals surface area (Å²) in [6, 6.07) is 2.16. The Balaban J connectivity index is 1.80. The van der Waals surface area contributed by atoms with Crippen molar-refractivity contribution in [3.05, 3.63) is 18.1 Å². The normalized spacial score (nSPS) is 18.9. The second-order valence-corrected chi connectivity index (χ2v) is 4.49. The van der Waals surface area contributed by atoms with Crippen LogP contribution >= 0.6 is 0 Å². The van der Waals surface area contributed by atoms with E-state index in [0.29, 0.717) is 18.5 Å². The summed E-state index contributed by atoms with van der Waals surface area (Å²) in [5, 5.41) is 3.46. The zero-order valence-corrected chi connectivity index (χ0v) is 11.1. The highest BCUT2D eigenvalue weighted by Crippen LogP contribution is 2.11. The first-order valence-corrected chi connectivity index (χ1v) is 6.57. The van der Waals surface area contributed by atoms with Crippen molar-refractivity contribution in [2.75, 3.05) is 20.3 Å². The molecule has 104 valence electrons. The molecule has 0 radical (unpaired) electrons. The van der Waals surface area contributed by atoms with E-state index < -0.39 is 5.97 Å². The van der Waals surface area contributed by atoms with Gasteiger partial charge < -0.3 is 14.8 Å². The molecule has 0 saturated carbocycles. The monoisotopic (exact) mass is 265 g/mol. The topological polar surface area (TPSA) is 73.3 Å². The fourth-order valence-corrected chi connectivity index (χ4v) is 2.09. The fourth-order valence-electron chi connectivity index (χ4n) is 2.09. The number of carbonyl (C=O) groups excluding carboxylic acids is 1. The van der Waals surface area contributed by atoms with Gasteiger partial charge in [0.25, 0.3) is 0 Å². The molecule has 1 saturated heterocycles. The highest BCUT2D eigenvalue weighted by atomic mass is 16.5. The number of hydrogen-bond donors (Lipinski definition) is 1. The molecule has 1 aromatic rings. The molecule has 0 bridgehead atoms. The SMILES string of the molecule is COC(=O)c1nccc(OCCC2CCCCN2)n1. The first-order valence-electron chi connectivity index (χ1n) is 6.57. The van der Waals surface area contributed by atoms with Crippen LogP contribution in [0.15, 0.2) is 12.3 Å². The van der Waals surface area contributed by atoms with Gasteiger partial charge in [-0.15, -0.1) is 0 Å². The summed E-state index contributed by atoms with van der Waals surface area (Å²) in [7, 11) is 1.30. The molecule has 0 spiro atoms. The third-order valence-electron chi connectivity index (χ3n) is 3.13. The standard InChI is InChI=1S/C13H19N3O3/c1-18-13(17)12-15-8-5-11(16-12)19-9-6-10-4-2-3-7-14-10/h5,8,10,14H,2-4,6-7,9H2,1H3. The average molecular weight is 265 g/mol. The molecule has 6 nitrogen and oxygen atoms in total. The first kappa shape index (κ1) is 13.7. The van der Waals surface area contributed by atoms with Crippen molar-refractivity contribution in [2.45, 2.75) is 31.7 Å². The van der Waals surface area contributed by atoms with E-state index in [1.54, 1.807) is 6.07 Å². The Morgan fingerprint density at radius 2 is 2.42 bits per heavy atom. The van der Waals surface area contributed by atoms with Crippen molar-refractivity contribution in [3.63, 3.8) is 0 Å². The van der Waals surface area contributed by atoms with Gasteiger partial charge in [0.05, 0.1) is 13.7 Å². The predicted octanol–water partition coefficient (Wildman–Crippen LogP) is 1.17. The second kappa shape index (κ2) is 7.04. The molecular weight excluding hydrogens is 246 g/mol. The molecule has 19 heavy (non-hydrogen) atoms. The van der Waals surface area contributed by atoms with Crippen molar-refractivity contribution in [3.8, 4) is 5.88 Å². The molecule has 0 aromatic carbocycles. The Kier molecular flexibility index (Phi) is 5.09. The molecule has 1 fully saturated rings. The van der Waals surface area contributed by atoms with Gasteiger partial charge in [-0.1, -0.05) is 6.42 Å². The molecule has 0 amide bonds. The number of esters is 1. The van der Waals surface area contributed by atoms with Gasteiger partial charge in [0, 0.05) is 18.3 Å². The molecule has 2 heterocycles. The number of ether oxygens (including phenoxy) is 2. The highest BCUT2D eigenvalue weighted by molar-refractivity contribution is 5.84. The molecule has 1 aliphatic heterocycles. The van der Waals surface area contributed by atoms with Crippen LogP contribution in [0.3, 0.4) is 0 Å². The fraction of sp³-hybridized carbons (Fsp3) is 0.615. The van der Waals surface area contributed by atoms with Crippen LogP contribution in [0.4, 0.5) is 0 Å². The van der Waals surface area contributed by atoms with Crippen LogP contribution < -0.4 is 10.1 Å². The van der Waals surface area contributed by atoms with Gasteiger partial charge >= 0.3 is 5.97 Å². The van der Waals surface area contributed by atoms with E-state index in [-0.39, 0.29) is 5.82 Å². The predicted molar refractivity (Wildman–Crippen MR) is 69.1 cm³/mol. The van der Waals surface area contributed by atoms with E-state index in [2.05, 4.69) is 20.0 Å². The number of methoxy groups -OCH3 is 1. The summed E-state index contributed by atoms with van der Waals surface area (Å²) in [5.74, 6) is -0.124. The Morgan fingerprint density at radius 1 is 1.53 bits per heavy atom. The third kappa shape index (κ3) is 4.17. The number of piperidine rings is 1. The van der Waals surface area contributed by atoms with Crippen LogP contribution in [0, 0.1) is 0 Å². The number of nitrogens with zero attached hydrogens (tertiary/aromatic N) is 2. The third-order valence-corrected chi connectivity index (χ3v) is 3.13. The Morgan fingerprint density at radius 3 is 3.16 bits per heavy atom. The van der Waals surface area contributed by atoms with E-state index in [1.807, 2.05) is 0 Å². The summed E-state index contributed by atoms with van der Waals surface area (Å²) < 4.78 is 10.1. The molecule has 1 unspecified atom stereocenters. The Labute approximate surface area is 112 Å². The van der Waals surface area contributed by atoms with Gasteiger partial charge in [-0.25, -0.2) is 9.78 Å². The molecule has 6 heteroatoms. The maximum atomic E-state index is 11.3. The number of aromatic nitrogens is 2. The Hall–Kier alpha value is -1.69. The Bertz CT molecular complexity index is 419. The van der Waals surface area contributed by atoms with Crippen molar-refractivity contribution in [1.29, 1.82) is 0 Å². The van der Waals surface area contributed by atoms with E-state index in [1.165, 1.54) is 32.6 Å². The van der Waals surface area contributed by atoms with Gasteiger partial charge in [0.1, 0.15) is 0 Å². The van der Waals surface area contributed by atoms with E-state index in [9.17, 15) is 4.79 Å². The van der Waals surface area contributed by atoms with Gasteiger partial charge in [-0.2, -0.15) is 4.98 Å². The van der Waals surface area contributed by atoms with E-state index in [4.69, 9.17) is 4.74 Å². The van der Waals surface area contributed by atoms with E-state index >= 15 is 0 Å². The van der Waals surface area contributed by atoms with Crippen LogP contribution in [0.25, 0.3) is 0 Å². The van der Waals surface area contributed by atoms with Crippen LogP contribution in [0.2, 0.25) is 0 Å². The number of nitrogens with one attached hydrogen (secondary N) is 1.